The molecule has 0 atom stereocenters. The Kier molecular flexibility index (Phi) is 6.32. The van der Waals surface area contributed by atoms with Crippen molar-refractivity contribution in [3.63, 3.8) is 0 Å². The average molecular weight is 323 g/mol. The van der Waals surface area contributed by atoms with Crippen LogP contribution >= 0.6 is 0 Å². The molecule has 0 spiro atoms. The van der Waals surface area contributed by atoms with Crippen LogP contribution in [-0.4, -0.2) is 11.9 Å². The molecule has 4 heteroatoms. The van der Waals surface area contributed by atoms with Crippen LogP contribution in [-0.2, 0) is 16.1 Å². The highest BCUT2D eigenvalue weighted by atomic mass is 16.5. The first-order chi connectivity index (χ1) is 11.6. The van der Waals surface area contributed by atoms with Gasteiger partial charge in [-0.05, 0) is 36.6 Å². The molecule has 2 rings (SSSR count). The molecule has 1 N–H and O–H groups in total. The molecule has 4 nitrogen and oxygen atoms in total. The minimum Gasteiger partial charge on any atom is -0.456 e. The maximum Gasteiger partial charge on any atom is 0.355 e. The fourth-order valence-corrected chi connectivity index (χ4v) is 2.08. The summed E-state index contributed by atoms with van der Waals surface area (Å²) in [6.07, 6.45) is 0.644. The third-order valence-electron chi connectivity index (χ3n) is 3.65. The molecule has 0 unspecified atom stereocenters. The molecule has 0 aromatic heterocycles. The van der Waals surface area contributed by atoms with Crippen molar-refractivity contribution in [3.05, 3.63) is 83.1 Å². The molecule has 0 heterocycles. The van der Waals surface area contributed by atoms with Crippen LogP contribution in [0, 0.1) is 0 Å². The van der Waals surface area contributed by atoms with E-state index in [1.54, 1.807) is 24.3 Å². The Morgan fingerprint density at radius 1 is 0.958 bits per heavy atom. The number of benzene rings is 2. The summed E-state index contributed by atoms with van der Waals surface area (Å²) in [5.74, 6) is -0.849. The van der Waals surface area contributed by atoms with Crippen molar-refractivity contribution in [2.75, 3.05) is 0 Å². The van der Waals surface area contributed by atoms with E-state index in [1.807, 2.05) is 50.2 Å². The van der Waals surface area contributed by atoms with Gasteiger partial charge in [0.05, 0.1) is 0 Å². The molecule has 124 valence electrons. The van der Waals surface area contributed by atoms with Gasteiger partial charge in [0.15, 0.2) is 0 Å². The fraction of sp³-hybridized carbons (Fsp3) is 0.200. The number of ether oxygens (including phenoxy) is 1. The molecule has 0 aliphatic carbocycles. The minimum absolute atomic E-state index is 0.168. The molecule has 0 fully saturated rings. The summed E-state index contributed by atoms with van der Waals surface area (Å²) in [6, 6.07) is 18.2. The Balaban J connectivity index is 2.08. The summed E-state index contributed by atoms with van der Waals surface area (Å²) in [6.45, 7) is 3.90. The Labute approximate surface area is 142 Å². The lowest BCUT2D eigenvalue weighted by molar-refractivity contribution is -0.140. The highest BCUT2D eigenvalue weighted by molar-refractivity contribution is 6.01. The molecular weight excluding hydrogens is 302 g/mol. The van der Waals surface area contributed by atoms with Crippen molar-refractivity contribution >= 4 is 11.9 Å². The quantitative estimate of drug-likeness (QED) is 0.649. The van der Waals surface area contributed by atoms with E-state index in [1.165, 1.54) is 0 Å². The predicted molar refractivity (Wildman–Crippen MR) is 93.1 cm³/mol. The molecule has 1 amide bonds. The second-order valence-electron chi connectivity index (χ2n) is 5.39. The molecule has 24 heavy (non-hydrogen) atoms. The molecule has 0 saturated carbocycles. The zero-order valence-electron chi connectivity index (χ0n) is 13.9. The number of nitrogens with one attached hydrogen (secondary N) is 1. The maximum atomic E-state index is 12.4. The number of carbonyl (C=O) groups excluding carboxylic acids is 2. The van der Waals surface area contributed by atoms with Crippen LogP contribution in [0.25, 0.3) is 0 Å². The van der Waals surface area contributed by atoms with Crippen LogP contribution in [0.1, 0.15) is 36.2 Å². The summed E-state index contributed by atoms with van der Waals surface area (Å²) in [4.78, 5) is 24.7. The zero-order chi connectivity index (χ0) is 17.4. The van der Waals surface area contributed by atoms with Gasteiger partial charge in [0, 0.05) is 5.56 Å². The van der Waals surface area contributed by atoms with E-state index in [0.717, 1.165) is 11.1 Å². The largest absolute Gasteiger partial charge is 0.456 e. The molecular formula is C20H21NO3. The second kappa shape index (κ2) is 8.67. The van der Waals surface area contributed by atoms with Crippen LogP contribution in [0.2, 0.25) is 0 Å². The van der Waals surface area contributed by atoms with Crippen LogP contribution < -0.4 is 5.32 Å². The topological polar surface area (TPSA) is 55.4 Å². The lowest BCUT2D eigenvalue weighted by Crippen LogP contribution is -2.29. The number of esters is 1. The number of amides is 1. The van der Waals surface area contributed by atoms with Gasteiger partial charge in [-0.1, -0.05) is 55.5 Å². The van der Waals surface area contributed by atoms with E-state index in [9.17, 15) is 9.59 Å². The van der Waals surface area contributed by atoms with Crippen molar-refractivity contribution in [3.8, 4) is 0 Å². The molecule has 0 aliphatic heterocycles. The van der Waals surface area contributed by atoms with Crippen LogP contribution in [0.15, 0.2) is 71.9 Å². The summed E-state index contributed by atoms with van der Waals surface area (Å²) >= 11 is 0. The van der Waals surface area contributed by atoms with Crippen molar-refractivity contribution in [2.24, 2.45) is 0 Å². The Bertz CT molecular complexity index is 721. The molecule has 0 aliphatic rings. The van der Waals surface area contributed by atoms with Crippen molar-refractivity contribution in [1.29, 1.82) is 0 Å². The van der Waals surface area contributed by atoms with E-state index in [4.69, 9.17) is 4.74 Å². The van der Waals surface area contributed by atoms with Gasteiger partial charge in [-0.25, -0.2) is 4.79 Å². The SMILES string of the molecule is CCC(C)=C(NC(=O)c1ccccc1)C(=O)OCc1ccccc1. The maximum absolute atomic E-state index is 12.4. The van der Waals surface area contributed by atoms with E-state index >= 15 is 0 Å². The van der Waals surface area contributed by atoms with E-state index in [-0.39, 0.29) is 18.2 Å². The smallest absolute Gasteiger partial charge is 0.355 e. The van der Waals surface area contributed by atoms with Crippen LogP contribution in [0.3, 0.4) is 0 Å². The molecule has 0 saturated heterocycles. The number of rotatable bonds is 6. The average Bonchev–Trinajstić information content (AvgIpc) is 2.65. The third-order valence-corrected chi connectivity index (χ3v) is 3.65. The minimum atomic E-state index is -0.525. The first-order valence-electron chi connectivity index (χ1n) is 7.89. The predicted octanol–water partition coefficient (Wildman–Crippen LogP) is 3.84. The fourth-order valence-electron chi connectivity index (χ4n) is 2.08. The molecule has 0 bridgehead atoms. The van der Waals surface area contributed by atoms with Gasteiger partial charge in [-0.15, -0.1) is 0 Å². The van der Waals surface area contributed by atoms with Gasteiger partial charge in [0.25, 0.3) is 5.91 Å². The summed E-state index contributed by atoms with van der Waals surface area (Å²) in [7, 11) is 0. The van der Waals surface area contributed by atoms with Gasteiger partial charge >= 0.3 is 5.97 Å². The number of allylic oxidation sites excluding steroid dienone is 1. The summed E-state index contributed by atoms with van der Waals surface area (Å²) in [5.41, 5.74) is 2.38. The van der Waals surface area contributed by atoms with Crippen molar-refractivity contribution < 1.29 is 14.3 Å². The van der Waals surface area contributed by atoms with Gasteiger partial charge in [-0.3, -0.25) is 4.79 Å². The highest BCUT2D eigenvalue weighted by Crippen LogP contribution is 2.11. The van der Waals surface area contributed by atoms with Crippen molar-refractivity contribution in [2.45, 2.75) is 26.9 Å². The Hall–Kier alpha value is -2.88. The Morgan fingerprint density at radius 3 is 2.12 bits per heavy atom. The molecule has 2 aromatic carbocycles. The summed E-state index contributed by atoms with van der Waals surface area (Å²) < 4.78 is 5.34. The van der Waals surface area contributed by atoms with Gasteiger partial charge < -0.3 is 10.1 Å². The highest BCUT2D eigenvalue weighted by Gasteiger charge is 2.18. The standard InChI is InChI=1S/C20H21NO3/c1-3-15(2)18(21-19(22)17-12-8-5-9-13-17)20(23)24-14-16-10-6-4-7-11-16/h4-13H,3,14H2,1-2H3,(H,21,22). The molecule has 0 radical (unpaired) electrons. The first kappa shape index (κ1) is 17.5. The third kappa shape index (κ3) is 4.81. The van der Waals surface area contributed by atoms with Gasteiger partial charge in [0.2, 0.25) is 0 Å². The van der Waals surface area contributed by atoms with Crippen LogP contribution in [0.5, 0.6) is 0 Å². The Morgan fingerprint density at radius 2 is 1.54 bits per heavy atom. The van der Waals surface area contributed by atoms with Crippen molar-refractivity contribution in [1.82, 2.24) is 5.32 Å². The number of hydrogen-bond acceptors (Lipinski definition) is 3. The van der Waals surface area contributed by atoms with Gasteiger partial charge in [0.1, 0.15) is 12.3 Å². The van der Waals surface area contributed by atoms with Crippen LogP contribution in [0.4, 0.5) is 0 Å². The summed E-state index contributed by atoms with van der Waals surface area (Å²) in [5, 5.41) is 2.69. The van der Waals surface area contributed by atoms with E-state index in [0.29, 0.717) is 12.0 Å². The van der Waals surface area contributed by atoms with E-state index < -0.39 is 5.97 Å². The normalized spacial score (nSPS) is 11.4. The number of carbonyl (C=O) groups is 2. The lowest BCUT2D eigenvalue weighted by Gasteiger charge is -2.13. The molecule has 2 aromatic rings. The number of hydrogen-bond donors (Lipinski definition) is 1. The van der Waals surface area contributed by atoms with E-state index in [2.05, 4.69) is 5.32 Å². The zero-order valence-corrected chi connectivity index (χ0v) is 13.9. The lowest BCUT2D eigenvalue weighted by atomic mass is 10.1. The first-order valence-corrected chi connectivity index (χ1v) is 7.89. The van der Waals surface area contributed by atoms with Gasteiger partial charge in [-0.2, -0.15) is 0 Å². The monoisotopic (exact) mass is 323 g/mol. The second-order valence-corrected chi connectivity index (χ2v) is 5.39.